The number of hydrogen-bond donors (Lipinski definition) is 2. The zero-order valence-electron chi connectivity index (χ0n) is 12.8. The lowest BCUT2D eigenvalue weighted by Crippen LogP contribution is -2.26. The molecule has 124 valence electrons. The van der Waals surface area contributed by atoms with Gasteiger partial charge in [-0.25, -0.2) is 13.1 Å². The molecule has 2 rings (SSSR count). The van der Waals surface area contributed by atoms with Gasteiger partial charge in [0, 0.05) is 18.3 Å². The van der Waals surface area contributed by atoms with Gasteiger partial charge < -0.3 is 10.1 Å². The summed E-state index contributed by atoms with van der Waals surface area (Å²) in [5.41, 5.74) is 0.320. The van der Waals surface area contributed by atoms with Crippen LogP contribution in [0.2, 0.25) is 0 Å². The highest BCUT2D eigenvalue weighted by Crippen LogP contribution is 2.27. The van der Waals surface area contributed by atoms with Crippen molar-refractivity contribution in [3.63, 3.8) is 0 Å². The Morgan fingerprint density at radius 2 is 2.09 bits per heavy atom. The largest absolute Gasteiger partial charge is 0.495 e. The number of thiophene rings is 1. The quantitative estimate of drug-likeness (QED) is 0.799. The van der Waals surface area contributed by atoms with Crippen molar-refractivity contribution in [2.24, 2.45) is 0 Å². The fourth-order valence-electron chi connectivity index (χ4n) is 1.99. The number of amides is 1. The molecular formula is C15H18N2O4S2. The maximum atomic E-state index is 12.3. The maximum Gasteiger partial charge on any atom is 0.240 e. The number of rotatable bonds is 7. The van der Waals surface area contributed by atoms with E-state index in [2.05, 4.69) is 10.0 Å². The first-order valence-corrected chi connectivity index (χ1v) is 9.26. The third kappa shape index (κ3) is 4.78. The van der Waals surface area contributed by atoms with Crippen LogP contribution in [-0.4, -0.2) is 28.0 Å². The smallest absolute Gasteiger partial charge is 0.240 e. The van der Waals surface area contributed by atoms with Gasteiger partial charge in [-0.15, -0.1) is 11.3 Å². The van der Waals surface area contributed by atoms with Crippen LogP contribution in [0.3, 0.4) is 0 Å². The van der Waals surface area contributed by atoms with E-state index in [1.807, 2.05) is 17.5 Å². The molecule has 0 unspecified atom stereocenters. The lowest BCUT2D eigenvalue weighted by Gasteiger charge is -2.12. The van der Waals surface area contributed by atoms with Crippen LogP contribution in [0.15, 0.2) is 40.6 Å². The summed E-state index contributed by atoms with van der Waals surface area (Å²) >= 11 is 1.58. The van der Waals surface area contributed by atoms with Gasteiger partial charge in [0.1, 0.15) is 5.75 Å². The summed E-state index contributed by atoms with van der Waals surface area (Å²) in [6.07, 6.45) is 0.631. The maximum absolute atomic E-state index is 12.3. The van der Waals surface area contributed by atoms with Crippen molar-refractivity contribution >= 4 is 33.0 Å². The van der Waals surface area contributed by atoms with Crippen LogP contribution in [0.25, 0.3) is 0 Å². The summed E-state index contributed by atoms with van der Waals surface area (Å²) < 4.78 is 32.3. The van der Waals surface area contributed by atoms with Gasteiger partial charge in [-0.05, 0) is 36.1 Å². The first-order valence-electron chi connectivity index (χ1n) is 6.90. The summed E-state index contributed by atoms with van der Waals surface area (Å²) in [7, 11) is -2.20. The average Bonchev–Trinajstić information content (AvgIpc) is 2.99. The molecule has 2 N–H and O–H groups in total. The standard InChI is InChI=1S/C15H18N2O4S2/c1-11(18)17-14-10-13(5-6-15(14)21-2)23(19,20)16-8-7-12-4-3-9-22-12/h3-6,9-10,16H,7-8H2,1-2H3,(H,17,18). The molecule has 0 bridgehead atoms. The fourth-order valence-corrected chi connectivity index (χ4v) is 3.75. The molecule has 6 nitrogen and oxygen atoms in total. The molecule has 8 heteroatoms. The number of carbonyl (C=O) groups excluding carboxylic acids is 1. The highest BCUT2D eigenvalue weighted by Gasteiger charge is 2.16. The molecule has 0 aliphatic carbocycles. The van der Waals surface area contributed by atoms with Crippen molar-refractivity contribution in [3.8, 4) is 5.75 Å². The number of sulfonamides is 1. The van der Waals surface area contributed by atoms with Crippen molar-refractivity contribution in [1.82, 2.24) is 4.72 Å². The van der Waals surface area contributed by atoms with Crippen molar-refractivity contribution in [2.45, 2.75) is 18.2 Å². The first-order chi connectivity index (χ1) is 10.9. The molecule has 1 amide bonds. The molecular weight excluding hydrogens is 336 g/mol. The Morgan fingerprint density at radius 1 is 1.30 bits per heavy atom. The van der Waals surface area contributed by atoms with Gasteiger partial charge in [-0.1, -0.05) is 6.07 Å². The van der Waals surface area contributed by atoms with Gasteiger partial charge in [0.2, 0.25) is 15.9 Å². The lowest BCUT2D eigenvalue weighted by molar-refractivity contribution is -0.114. The molecule has 1 heterocycles. The van der Waals surface area contributed by atoms with Crippen LogP contribution in [0.4, 0.5) is 5.69 Å². The van der Waals surface area contributed by atoms with Crippen molar-refractivity contribution < 1.29 is 17.9 Å². The summed E-state index contributed by atoms with van der Waals surface area (Å²) in [6.45, 7) is 1.66. The Hall–Kier alpha value is -1.90. The van der Waals surface area contributed by atoms with E-state index >= 15 is 0 Å². The minimum atomic E-state index is -3.65. The van der Waals surface area contributed by atoms with E-state index in [9.17, 15) is 13.2 Å². The Morgan fingerprint density at radius 3 is 2.70 bits per heavy atom. The Labute approximate surface area is 139 Å². The van der Waals surface area contributed by atoms with E-state index in [4.69, 9.17) is 4.74 Å². The summed E-state index contributed by atoms with van der Waals surface area (Å²) in [5.74, 6) is 0.0984. The third-order valence-corrected chi connectivity index (χ3v) is 5.43. The molecule has 1 aromatic heterocycles. The molecule has 0 radical (unpaired) electrons. The second kappa shape index (κ2) is 7.58. The Bertz CT molecular complexity index is 771. The molecule has 1 aromatic carbocycles. The van der Waals surface area contributed by atoms with Crippen LogP contribution in [0.1, 0.15) is 11.8 Å². The minimum absolute atomic E-state index is 0.0771. The van der Waals surface area contributed by atoms with Crippen LogP contribution in [0, 0.1) is 0 Å². The van der Waals surface area contributed by atoms with Gasteiger partial charge in [0.25, 0.3) is 0 Å². The predicted octanol–water partition coefficient (Wildman–Crippen LogP) is 2.24. The van der Waals surface area contributed by atoms with E-state index in [1.165, 1.54) is 32.2 Å². The number of benzene rings is 1. The number of methoxy groups -OCH3 is 1. The van der Waals surface area contributed by atoms with E-state index in [-0.39, 0.29) is 10.8 Å². The van der Waals surface area contributed by atoms with Crippen LogP contribution < -0.4 is 14.8 Å². The molecule has 0 fully saturated rings. The van der Waals surface area contributed by atoms with Gasteiger partial charge in [-0.3, -0.25) is 4.79 Å². The minimum Gasteiger partial charge on any atom is -0.495 e. The van der Waals surface area contributed by atoms with E-state index in [0.717, 1.165) is 4.88 Å². The molecule has 0 spiro atoms. The fraction of sp³-hybridized carbons (Fsp3) is 0.267. The first kappa shape index (κ1) is 17.5. The van der Waals surface area contributed by atoms with Crippen molar-refractivity contribution in [2.75, 3.05) is 19.0 Å². The zero-order chi connectivity index (χ0) is 16.9. The normalized spacial score (nSPS) is 11.2. The Balaban J connectivity index is 2.13. The number of nitrogens with one attached hydrogen (secondary N) is 2. The van der Waals surface area contributed by atoms with Crippen LogP contribution in [0.5, 0.6) is 5.75 Å². The summed E-state index contributed by atoms with van der Waals surface area (Å²) in [5, 5.41) is 4.51. The van der Waals surface area contributed by atoms with Crippen LogP contribution in [-0.2, 0) is 21.2 Å². The highest BCUT2D eigenvalue weighted by atomic mass is 32.2. The predicted molar refractivity (Wildman–Crippen MR) is 90.5 cm³/mol. The second-order valence-corrected chi connectivity index (χ2v) is 7.57. The van der Waals surface area contributed by atoms with Crippen molar-refractivity contribution in [3.05, 3.63) is 40.6 Å². The zero-order valence-corrected chi connectivity index (χ0v) is 14.5. The summed E-state index contributed by atoms with van der Waals surface area (Å²) in [4.78, 5) is 12.4. The van der Waals surface area contributed by atoms with Gasteiger partial charge >= 0.3 is 0 Å². The topological polar surface area (TPSA) is 84.5 Å². The molecule has 2 aromatic rings. The summed E-state index contributed by atoms with van der Waals surface area (Å²) in [6, 6.07) is 8.23. The third-order valence-electron chi connectivity index (χ3n) is 3.04. The average molecular weight is 354 g/mol. The molecule has 0 aliphatic heterocycles. The van der Waals surface area contributed by atoms with Crippen LogP contribution >= 0.6 is 11.3 Å². The van der Waals surface area contributed by atoms with Crippen molar-refractivity contribution in [1.29, 1.82) is 0 Å². The lowest BCUT2D eigenvalue weighted by atomic mass is 10.3. The molecule has 0 saturated heterocycles. The second-order valence-electron chi connectivity index (χ2n) is 4.77. The SMILES string of the molecule is COc1ccc(S(=O)(=O)NCCc2cccs2)cc1NC(C)=O. The van der Waals surface area contributed by atoms with E-state index < -0.39 is 10.0 Å². The number of anilines is 1. The van der Waals surface area contributed by atoms with E-state index in [1.54, 1.807) is 11.3 Å². The Kier molecular flexibility index (Phi) is 5.75. The van der Waals surface area contributed by atoms with E-state index in [0.29, 0.717) is 24.4 Å². The van der Waals surface area contributed by atoms with Gasteiger partial charge in [0.15, 0.2) is 0 Å². The monoisotopic (exact) mass is 354 g/mol. The molecule has 23 heavy (non-hydrogen) atoms. The number of ether oxygens (including phenoxy) is 1. The number of hydrogen-bond acceptors (Lipinski definition) is 5. The molecule has 0 atom stereocenters. The highest BCUT2D eigenvalue weighted by molar-refractivity contribution is 7.89. The molecule has 0 aliphatic rings. The van der Waals surface area contributed by atoms with Gasteiger partial charge in [-0.2, -0.15) is 0 Å². The van der Waals surface area contributed by atoms with Gasteiger partial charge in [0.05, 0.1) is 17.7 Å². The molecule has 0 saturated carbocycles. The number of carbonyl (C=O) groups is 1.